The van der Waals surface area contributed by atoms with Crippen LogP contribution in [0.4, 0.5) is 0 Å². The molecule has 0 aromatic rings. The second-order valence-corrected chi connectivity index (χ2v) is 44.6. The van der Waals surface area contributed by atoms with Crippen LogP contribution < -0.4 is 0 Å². The Morgan fingerprint density at radius 2 is 0.962 bits per heavy atom. The van der Waals surface area contributed by atoms with Crippen LogP contribution in [0.15, 0.2) is 0 Å². The second-order valence-electron chi connectivity index (χ2n) is 3.96. The van der Waals surface area contributed by atoms with E-state index in [1.165, 1.54) is 0 Å². The zero-order valence-electron chi connectivity index (χ0n) is 13.4. The van der Waals surface area contributed by atoms with Gasteiger partial charge in [-0.1, -0.05) is 0 Å². The van der Waals surface area contributed by atoms with Crippen molar-refractivity contribution in [2.24, 2.45) is 0 Å². The van der Waals surface area contributed by atoms with Crippen LogP contribution in [-0.2, 0) is 57.6 Å². The lowest BCUT2D eigenvalue weighted by Gasteiger charge is -2.21. The molecule has 0 N–H and O–H groups in total. The molecule has 23 heteroatoms. The monoisotopic (exact) mass is 534 g/mol. The minimum Gasteiger partial charge on any atom is -0.516 e. The van der Waals surface area contributed by atoms with Gasteiger partial charge in [-0.05, 0) is 0 Å². The number of hydrogen-bond acceptors (Lipinski definition) is 13. The molecular formula is C3H10O13Si10. The van der Waals surface area contributed by atoms with Crippen LogP contribution in [0.2, 0.25) is 0 Å². The summed E-state index contributed by atoms with van der Waals surface area (Å²) < 4.78 is 124. The Morgan fingerprint density at radius 3 is 1.31 bits per heavy atom. The first kappa shape index (κ1) is 26.0. The van der Waals surface area contributed by atoms with Gasteiger partial charge in [-0.15, -0.1) is 0 Å². The van der Waals surface area contributed by atoms with Gasteiger partial charge in [-0.2, -0.15) is 0 Å². The maximum Gasteiger partial charge on any atom is 0.736 e. The first-order valence-corrected chi connectivity index (χ1v) is 28.2. The van der Waals surface area contributed by atoms with Gasteiger partial charge in [0.1, 0.15) is 0 Å². The van der Waals surface area contributed by atoms with Crippen molar-refractivity contribution in [3.8, 4) is 0 Å². The average Bonchev–Trinajstić information content (AvgIpc) is 2.67. The molecule has 0 unspecified atom stereocenters. The van der Waals surface area contributed by atoms with Crippen molar-refractivity contribution in [2.45, 2.75) is 0 Å². The van der Waals surface area contributed by atoms with Crippen LogP contribution in [0, 0.1) is 0 Å². The molecule has 0 aliphatic heterocycles. The molecular weight excluding hydrogens is 525 g/mol. The number of hydrogen-bond donors (Lipinski definition) is 0. The SMILES string of the molecule is CO[Si](OC)(OC)O[Si](=O)[Si](=O)[Si](=O)[Si](=O)[Si](=O)[Si](=O)[Si](=O)[Si](=O)[SiH]=O. The largest absolute Gasteiger partial charge is 0.736 e. The first-order chi connectivity index (χ1) is 12.0. The fourth-order valence-corrected chi connectivity index (χ4v) is 77.9. The fourth-order valence-electron chi connectivity index (χ4n) is 1.21. The Hall–Kier alpha value is 0.0488. The van der Waals surface area contributed by atoms with E-state index in [0.717, 1.165) is 21.3 Å². The van der Waals surface area contributed by atoms with E-state index >= 15 is 0 Å². The summed E-state index contributed by atoms with van der Waals surface area (Å²) >= 11 is 0. The van der Waals surface area contributed by atoms with E-state index in [2.05, 4.69) is 0 Å². The lowest BCUT2D eigenvalue weighted by Crippen LogP contribution is -2.55. The van der Waals surface area contributed by atoms with E-state index in [9.17, 15) is 40.2 Å². The molecule has 0 aliphatic rings. The van der Waals surface area contributed by atoms with Crippen molar-refractivity contribution >= 4 is 80.4 Å². The molecule has 0 spiro atoms. The van der Waals surface area contributed by atoms with E-state index in [4.69, 9.17) is 17.4 Å². The third-order valence-electron chi connectivity index (χ3n) is 2.52. The molecule has 0 heterocycles. The molecule has 0 radical (unpaired) electrons. The highest BCUT2D eigenvalue weighted by molar-refractivity contribution is 7.74. The maximum atomic E-state index is 12.0. The van der Waals surface area contributed by atoms with Crippen molar-refractivity contribution in [2.75, 3.05) is 21.3 Å². The van der Waals surface area contributed by atoms with Crippen molar-refractivity contribution in [1.82, 2.24) is 0 Å². The van der Waals surface area contributed by atoms with Crippen LogP contribution in [0.25, 0.3) is 0 Å². The molecule has 0 rings (SSSR count). The van der Waals surface area contributed by atoms with Gasteiger partial charge in [0.05, 0.1) is 0 Å². The van der Waals surface area contributed by atoms with Crippen molar-refractivity contribution in [3.05, 3.63) is 0 Å². The lowest BCUT2D eigenvalue weighted by atomic mass is 11.8. The zero-order chi connectivity index (χ0) is 20.7. The predicted molar refractivity (Wildman–Crippen MR) is 87.2 cm³/mol. The molecule has 0 saturated carbocycles. The normalized spacial score (nSPS) is 10.4. The summed E-state index contributed by atoms with van der Waals surface area (Å²) in [5.41, 5.74) is 0. The molecule has 0 saturated heterocycles. The minimum atomic E-state index is -3.91. The Balaban J connectivity index is 5.29. The number of rotatable bonds is 13. The Kier molecular flexibility index (Phi) is 11.8. The summed E-state index contributed by atoms with van der Waals surface area (Å²) in [4.78, 5) is 0. The van der Waals surface area contributed by atoms with E-state index in [-0.39, 0.29) is 0 Å². The van der Waals surface area contributed by atoms with Crippen molar-refractivity contribution in [1.29, 1.82) is 0 Å². The topological polar surface area (TPSA) is 191 Å². The molecule has 0 amide bonds. The summed E-state index contributed by atoms with van der Waals surface area (Å²) in [6.45, 7) is 0. The van der Waals surface area contributed by atoms with E-state index < -0.39 is 80.4 Å². The molecule has 26 heavy (non-hydrogen) atoms. The molecule has 0 aromatic carbocycles. The molecule has 140 valence electrons. The summed E-state index contributed by atoms with van der Waals surface area (Å²) in [5.74, 6) is 0. The Bertz CT molecular complexity index is 711. The average molecular weight is 535 g/mol. The van der Waals surface area contributed by atoms with Crippen LogP contribution in [0.3, 0.4) is 0 Å². The van der Waals surface area contributed by atoms with Gasteiger partial charge in [0.15, 0.2) is 0 Å². The van der Waals surface area contributed by atoms with Crippen molar-refractivity contribution < 1.29 is 57.6 Å². The smallest absolute Gasteiger partial charge is 0.516 e. The Labute approximate surface area is 159 Å². The highest BCUT2D eigenvalue weighted by Crippen LogP contribution is 2.07. The standard InChI is InChI=1S/C3H10O13Si10/c1-13-26(14-2,15-3)16-18(5)20(7)22(9)24(11)25(12)23(10)21(8)19(6)17-4/h17H,1-3H3. The molecule has 0 atom stereocenters. The molecule has 13 nitrogen and oxygen atoms in total. The summed E-state index contributed by atoms with van der Waals surface area (Å²) in [5, 5.41) is 0. The molecule has 0 aromatic heterocycles. The van der Waals surface area contributed by atoms with Gasteiger partial charge in [0.25, 0.3) is 0 Å². The summed E-state index contributed by atoms with van der Waals surface area (Å²) in [6.07, 6.45) is 0. The first-order valence-electron chi connectivity index (χ1n) is 6.15. The Morgan fingerprint density at radius 1 is 0.615 bits per heavy atom. The summed E-state index contributed by atoms with van der Waals surface area (Å²) in [6, 6.07) is 0. The maximum absolute atomic E-state index is 12.0. The van der Waals surface area contributed by atoms with E-state index in [1.54, 1.807) is 0 Å². The summed E-state index contributed by atoms with van der Waals surface area (Å²) in [7, 11) is -31.7. The highest BCUT2D eigenvalue weighted by atomic mass is 30.0. The van der Waals surface area contributed by atoms with Gasteiger partial charge in [0.2, 0.25) is 0 Å². The highest BCUT2D eigenvalue weighted by Gasteiger charge is 2.54. The minimum absolute atomic E-state index is 1.08. The van der Waals surface area contributed by atoms with Gasteiger partial charge in [-0.3, -0.25) is 0 Å². The van der Waals surface area contributed by atoms with Gasteiger partial charge < -0.3 is 57.6 Å². The zero-order valence-corrected chi connectivity index (χ0v) is 23.5. The van der Waals surface area contributed by atoms with Crippen LogP contribution in [0.1, 0.15) is 0 Å². The third-order valence-corrected chi connectivity index (χ3v) is 60.8. The fraction of sp³-hybridized carbons (Fsp3) is 1.00. The molecule has 0 bridgehead atoms. The molecule has 0 aliphatic carbocycles. The van der Waals surface area contributed by atoms with Crippen LogP contribution >= 0.6 is 0 Å². The quantitative estimate of drug-likeness (QED) is 0.204. The second kappa shape index (κ2) is 11.8. The van der Waals surface area contributed by atoms with Gasteiger partial charge in [0, 0.05) is 21.3 Å². The van der Waals surface area contributed by atoms with Crippen molar-refractivity contribution in [3.63, 3.8) is 0 Å². The van der Waals surface area contributed by atoms with Gasteiger partial charge >= 0.3 is 80.4 Å². The van der Waals surface area contributed by atoms with Gasteiger partial charge in [-0.25, -0.2) is 0 Å². The molecule has 0 fully saturated rings. The van der Waals surface area contributed by atoms with Crippen LogP contribution in [-0.4, -0.2) is 102 Å². The predicted octanol–water partition coefficient (Wildman–Crippen LogP) is -4.92. The van der Waals surface area contributed by atoms with E-state index in [1.807, 2.05) is 0 Å². The lowest BCUT2D eigenvalue weighted by molar-refractivity contribution is 0.0494. The van der Waals surface area contributed by atoms with E-state index in [0.29, 0.717) is 0 Å². The van der Waals surface area contributed by atoms with Crippen LogP contribution in [0.5, 0.6) is 0 Å². The third kappa shape index (κ3) is 6.58.